The Balaban J connectivity index is 1.46. The number of aromatic nitrogens is 2. The van der Waals surface area contributed by atoms with Crippen LogP contribution in [0.1, 0.15) is 24.8 Å². The van der Waals surface area contributed by atoms with E-state index in [1.165, 1.54) is 24.9 Å². The number of ether oxygens (including phenoxy) is 1. The molecule has 0 aliphatic carbocycles. The van der Waals surface area contributed by atoms with Gasteiger partial charge in [-0.25, -0.2) is 4.98 Å². The molecule has 1 aromatic carbocycles. The van der Waals surface area contributed by atoms with Crippen LogP contribution in [0.3, 0.4) is 0 Å². The van der Waals surface area contributed by atoms with Crippen molar-refractivity contribution in [1.82, 2.24) is 19.4 Å². The van der Waals surface area contributed by atoms with Crippen LogP contribution in [0, 0.1) is 0 Å². The summed E-state index contributed by atoms with van der Waals surface area (Å²) in [5, 5.41) is 0. The lowest BCUT2D eigenvalue weighted by molar-refractivity contribution is 0.128. The molecule has 3 rings (SSSR count). The molecule has 1 aliphatic heterocycles. The maximum absolute atomic E-state index is 5.93. The Labute approximate surface area is 151 Å². The Morgan fingerprint density at radius 1 is 1.32 bits per heavy atom. The molecule has 136 valence electrons. The van der Waals surface area contributed by atoms with Crippen LogP contribution >= 0.6 is 0 Å². The van der Waals surface area contributed by atoms with E-state index in [1.54, 1.807) is 0 Å². The zero-order chi connectivity index (χ0) is 17.5. The highest BCUT2D eigenvalue weighted by Gasteiger charge is 2.21. The minimum atomic E-state index is 0.677. The van der Waals surface area contributed by atoms with E-state index in [0.717, 1.165) is 38.4 Å². The van der Waals surface area contributed by atoms with Gasteiger partial charge in [0.15, 0.2) is 0 Å². The van der Waals surface area contributed by atoms with Crippen LogP contribution in [0.4, 0.5) is 0 Å². The third kappa shape index (κ3) is 5.58. The number of imidazole rings is 1. The second-order valence-electron chi connectivity index (χ2n) is 7.14. The fraction of sp³-hybridized carbons (Fsp3) is 0.550. The van der Waals surface area contributed by atoms with Crippen molar-refractivity contribution < 1.29 is 4.74 Å². The van der Waals surface area contributed by atoms with Gasteiger partial charge in [-0.05, 0) is 57.6 Å². The van der Waals surface area contributed by atoms with E-state index in [0.29, 0.717) is 6.04 Å². The van der Waals surface area contributed by atoms with Crippen molar-refractivity contribution >= 4 is 0 Å². The molecule has 0 saturated carbocycles. The molecular formula is C20H30N4O. The van der Waals surface area contributed by atoms with Crippen molar-refractivity contribution in [2.45, 2.75) is 38.4 Å². The number of hydrogen-bond donors (Lipinski definition) is 0. The van der Waals surface area contributed by atoms with Gasteiger partial charge in [-0.3, -0.25) is 4.90 Å². The van der Waals surface area contributed by atoms with Gasteiger partial charge in [0.1, 0.15) is 5.75 Å². The van der Waals surface area contributed by atoms with Gasteiger partial charge in [-0.15, -0.1) is 0 Å². The smallest absolute Gasteiger partial charge is 0.119 e. The second-order valence-corrected chi connectivity index (χ2v) is 7.14. The van der Waals surface area contributed by atoms with E-state index in [-0.39, 0.29) is 0 Å². The fourth-order valence-corrected chi connectivity index (χ4v) is 3.44. The molecule has 0 spiro atoms. The normalized spacial score (nSPS) is 18.6. The van der Waals surface area contributed by atoms with E-state index >= 15 is 0 Å². The molecule has 0 amide bonds. The van der Waals surface area contributed by atoms with Crippen molar-refractivity contribution in [3.8, 4) is 5.75 Å². The minimum Gasteiger partial charge on any atom is -0.494 e. The van der Waals surface area contributed by atoms with Gasteiger partial charge in [0.2, 0.25) is 0 Å². The van der Waals surface area contributed by atoms with Crippen LogP contribution in [0.2, 0.25) is 0 Å². The lowest BCUT2D eigenvalue weighted by Crippen LogP contribution is -2.44. The van der Waals surface area contributed by atoms with Crippen LogP contribution in [0.25, 0.3) is 0 Å². The van der Waals surface area contributed by atoms with Crippen molar-refractivity contribution in [3.63, 3.8) is 0 Å². The number of hydrogen-bond acceptors (Lipinski definition) is 4. The van der Waals surface area contributed by atoms with Gasteiger partial charge in [0.25, 0.3) is 0 Å². The molecular weight excluding hydrogens is 312 g/mol. The number of benzene rings is 1. The van der Waals surface area contributed by atoms with Crippen LogP contribution in [-0.4, -0.2) is 59.2 Å². The molecule has 1 aromatic heterocycles. The van der Waals surface area contributed by atoms with Crippen LogP contribution in [-0.2, 0) is 13.1 Å². The Morgan fingerprint density at radius 2 is 2.24 bits per heavy atom. The summed E-state index contributed by atoms with van der Waals surface area (Å²) in [4.78, 5) is 8.97. The maximum atomic E-state index is 5.93. The molecule has 5 heteroatoms. The van der Waals surface area contributed by atoms with Gasteiger partial charge < -0.3 is 14.2 Å². The summed E-state index contributed by atoms with van der Waals surface area (Å²) in [7, 11) is 4.37. The highest BCUT2D eigenvalue weighted by atomic mass is 16.5. The summed E-state index contributed by atoms with van der Waals surface area (Å²) in [5.74, 6) is 0.976. The number of nitrogens with zero attached hydrogens (tertiary/aromatic N) is 4. The van der Waals surface area contributed by atoms with Gasteiger partial charge in [-0.1, -0.05) is 12.1 Å². The van der Waals surface area contributed by atoms with Crippen molar-refractivity contribution in [1.29, 1.82) is 0 Å². The Kier molecular flexibility index (Phi) is 6.48. The summed E-state index contributed by atoms with van der Waals surface area (Å²) >= 11 is 0. The summed E-state index contributed by atoms with van der Waals surface area (Å²) in [6.07, 6.45) is 9.22. The van der Waals surface area contributed by atoms with Crippen LogP contribution < -0.4 is 4.74 Å². The van der Waals surface area contributed by atoms with Crippen molar-refractivity contribution in [2.24, 2.45) is 0 Å². The predicted octanol–water partition coefficient (Wildman–Crippen LogP) is 2.88. The summed E-state index contributed by atoms with van der Waals surface area (Å²) in [6.45, 7) is 5.04. The highest BCUT2D eigenvalue weighted by Crippen LogP contribution is 2.19. The number of piperidine rings is 1. The average Bonchev–Trinajstić information content (AvgIpc) is 3.13. The highest BCUT2D eigenvalue weighted by molar-refractivity contribution is 5.28. The summed E-state index contributed by atoms with van der Waals surface area (Å²) in [5.41, 5.74) is 1.34. The Morgan fingerprint density at radius 3 is 3.04 bits per heavy atom. The number of likely N-dealkylation sites (N-methyl/N-ethyl adjacent to an activating group) is 1. The zero-order valence-electron chi connectivity index (χ0n) is 15.5. The third-order valence-electron chi connectivity index (χ3n) is 4.90. The molecule has 0 bridgehead atoms. The molecule has 1 unspecified atom stereocenters. The Bertz CT molecular complexity index is 626. The molecule has 1 aliphatic rings. The molecule has 1 saturated heterocycles. The lowest BCUT2D eigenvalue weighted by atomic mass is 10.0. The average molecular weight is 342 g/mol. The van der Waals surface area contributed by atoms with Crippen molar-refractivity contribution in [2.75, 3.05) is 33.8 Å². The molecule has 1 atom stereocenters. The summed E-state index contributed by atoms with van der Waals surface area (Å²) in [6, 6.07) is 9.23. The standard InChI is InChI=1S/C20H30N4O/c1-22(2)19-7-4-10-24(16-19)15-18-6-3-8-20(14-18)25-13-5-11-23-12-9-21-17-23/h3,6,8-9,12,14,17,19H,4-5,7,10-11,13,15-16H2,1-2H3. The fourth-order valence-electron chi connectivity index (χ4n) is 3.44. The predicted molar refractivity (Wildman–Crippen MR) is 101 cm³/mol. The molecule has 25 heavy (non-hydrogen) atoms. The molecule has 2 heterocycles. The molecule has 0 N–H and O–H groups in total. The van der Waals surface area contributed by atoms with E-state index < -0.39 is 0 Å². The van der Waals surface area contributed by atoms with Gasteiger partial charge in [0.05, 0.1) is 12.9 Å². The summed E-state index contributed by atoms with van der Waals surface area (Å²) < 4.78 is 8.01. The number of likely N-dealkylation sites (tertiary alicyclic amines) is 1. The monoisotopic (exact) mass is 342 g/mol. The van der Waals surface area contributed by atoms with Gasteiger partial charge in [0, 0.05) is 38.1 Å². The maximum Gasteiger partial charge on any atom is 0.119 e. The number of aryl methyl sites for hydroxylation is 1. The quantitative estimate of drug-likeness (QED) is 0.691. The third-order valence-corrected chi connectivity index (χ3v) is 4.90. The van der Waals surface area contributed by atoms with Crippen LogP contribution in [0.15, 0.2) is 43.0 Å². The molecule has 2 aromatic rings. The van der Waals surface area contributed by atoms with E-state index in [4.69, 9.17) is 4.74 Å². The van der Waals surface area contributed by atoms with Crippen LogP contribution in [0.5, 0.6) is 5.75 Å². The Hall–Kier alpha value is -1.85. The first-order valence-corrected chi connectivity index (χ1v) is 9.27. The molecule has 1 fully saturated rings. The first-order chi connectivity index (χ1) is 12.2. The minimum absolute atomic E-state index is 0.677. The number of rotatable bonds is 8. The largest absolute Gasteiger partial charge is 0.494 e. The van der Waals surface area contributed by atoms with E-state index in [9.17, 15) is 0 Å². The van der Waals surface area contributed by atoms with Gasteiger partial charge in [-0.2, -0.15) is 0 Å². The van der Waals surface area contributed by atoms with Gasteiger partial charge >= 0.3 is 0 Å². The lowest BCUT2D eigenvalue weighted by Gasteiger charge is -2.36. The first-order valence-electron chi connectivity index (χ1n) is 9.27. The topological polar surface area (TPSA) is 33.5 Å². The van der Waals surface area contributed by atoms with Crippen molar-refractivity contribution in [3.05, 3.63) is 48.5 Å². The van der Waals surface area contributed by atoms with E-state index in [1.807, 2.05) is 18.7 Å². The molecule has 0 radical (unpaired) electrons. The van der Waals surface area contributed by atoms with E-state index in [2.05, 4.69) is 57.7 Å². The molecule has 5 nitrogen and oxygen atoms in total. The SMILES string of the molecule is CN(C)C1CCCN(Cc2cccc(OCCCn3ccnc3)c2)C1. The second kappa shape index (κ2) is 9.02. The first kappa shape index (κ1) is 18.0. The zero-order valence-corrected chi connectivity index (χ0v) is 15.5.